The first kappa shape index (κ1) is 22.1. The van der Waals surface area contributed by atoms with Gasteiger partial charge >= 0.3 is 0 Å². The maximum atomic E-state index is 5.51. The number of aromatic nitrogens is 2. The molecule has 0 bridgehead atoms. The number of rotatable bonds is 18. The number of aryl methyl sites for hydroxylation is 1. The van der Waals surface area contributed by atoms with Crippen LogP contribution in [-0.4, -0.2) is 16.3 Å². The van der Waals surface area contributed by atoms with Gasteiger partial charge in [-0.2, -0.15) is 4.73 Å². The van der Waals surface area contributed by atoms with Gasteiger partial charge in [-0.1, -0.05) is 96.8 Å². The summed E-state index contributed by atoms with van der Waals surface area (Å²) >= 11 is 0. The summed E-state index contributed by atoms with van der Waals surface area (Å²) in [7, 11) is 0. The molecule has 1 aromatic rings. The van der Waals surface area contributed by atoms with Gasteiger partial charge < -0.3 is 4.84 Å². The van der Waals surface area contributed by atoms with Crippen LogP contribution >= 0.6 is 0 Å². The van der Waals surface area contributed by atoms with Crippen molar-refractivity contribution in [2.45, 2.75) is 117 Å². The summed E-state index contributed by atoms with van der Waals surface area (Å²) < 4.78 is 1.82. The summed E-state index contributed by atoms with van der Waals surface area (Å²) in [5, 5.41) is 0. The third-order valence-corrected chi connectivity index (χ3v) is 4.95. The molecule has 0 spiro atoms. The lowest BCUT2D eigenvalue weighted by Gasteiger charge is -2.07. The van der Waals surface area contributed by atoms with Gasteiger partial charge in [0.2, 0.25) is 0 Å². The first-order valence-electron chi connectivity index (χ1n) is 11.0. The Kier molecular flexibility index (Phi) is 14.5. The predicted molar refractivity (Wildman–Crippen MR) is 108 cm³/mol. The quantitative estimate of drug-likeness (QED) is 0.274. The summed E-state index contributed by atoms with van der Waals surface area (Å²) in [5.41, 5.74) is 0. The average molecular weight is 351 g/mol. The van der Waals surface area contributed by atoms with Crippen LogP contribution in [0.25, 0.3) is 0 Å². The van der Waals surface area contributed by atoms with Gasteiger partial charge in [0.05, 0.1) is 6.20 Å². The molecule has 1 heterocycles. The topological polar surface area (TPSA) is 27.1 Å². The van der Waals surface area contributed by atoms with E-state index in [0.717, 1.165) is 12.2 Å². The number of unbranched alkanes of at least 4 members (excludes halogenated alkanes) is 14. The van der Waals surface area contributed by atoms with Gasteiger partial charge in [0.25, 0.3) is 0 Å². The molecule has 0 unspecified atom stereocenters. The Balaban J connectivity index is 1.79. The van der Waals surface area contributed by atoms with E-state index >= 15 is 0 Å². The molecule has 0 fully saturated rings. The molecule has 3 nitrogen and oxygen atoms in total. The van der Waals surface area contributed by atoms with Crippen molar-refractivity contribution in [2.24, 2.45) is 0 Å². The van der Waals surface area contributed by atoms with Crippen molar-refractivity contribution in [1.82, 2.24) is 9.71 Å². The van der Waals surface area contributed by atoms with Crippen LogP contribution in [0.15, 0.2) is 12.4 Å². The highest BCUT2D eigenvalue weighted by Gasteiger charge is 2.02. The zero-order valence-corrected chi connectivity index (χ0v) is 17.0. The minimum absolute atomic E-state index is 0.697. The van der Waals surface area contributed by atoms with Crippen molar-refractivity contribution >= 4 is 0 Å². The van der Waals surface area contributed by atoms with E-state index in [0.29, 0.717) is 6.61 Å². The van der Waals surface area contributed by atoms with Gasteiger partial charge in [-0.05, 0) is 13.3 Å². The largest absolute Gasteiger partial charge is 0.413 e. The van der Waals surface area contributed by atoms with E-state index in [-0.39, 0.29) is 0 Å². The van der Waals surface area contributed by atoms with E-state index in [4.69, 9.17) is 4.84 Å². The molecular formula is C22H42N2O. The van der Waals surface area contributed by atoms with Gasteiger partial charge in [0.1, 0.15) is 12.4 Å². The van der Waals surface area contributed by atoms with E-state index in [1.54, 1.807) is 0 Å². The summed E-state index contributed by atoms with van der Waals surface area (Å²) in [6.45, 7) is 5.00. The molecule has 1 aromatic heterocycles. The second-order valence-corrected chi connectivity index (χ2v) is 7.29. The Labute approximate surface area is 156 Å². The van der Waals surface area contributed by atoms with Crippen molar-refractivity contribution < 1.29 is 4.84 Å². The van der Waals surface area contributed by atoms with Crippen molar-refractivity contribution in [3.63, 3.8) is 0 Å². The Morgan fingerprint density at radius 3 is 1.68 bits per heavy atom. The van der Waals surface area contributed by atoms with Crippen molar-refractivity contribution in [2.75, 3.05) is 6.61 Å². The Morgan fingerprint density at radius 1 is 0.720 bits per heavy atom. The highest BCUT2D eigenvalue weighted by molar-refractivity contribution is 4.89. The van der Waals surface area contributed by atoms with Crippen molar-refractivity contribution in [1.29, 1.82) is 0 Å². The number of hydrogen-bond acceptors (Lipinski definition) is 2. The van der Waals surface area contributed by atoms with Crippen LogP contribution in [0, 0.1) is 0 Å². The highest BCUT2D eigenvalue weighted by Crippen LogP contribution is 2.14. The third-order valence-electron chi connectivity index (χ3n) is 4.95. The lowest BCUT2D eigenvalue weighted by molar-refractivity contribution is 0.114. The predicted octanol–water partition coefficient (Wildman–Crippen LogP) is 6.75. The molecule has 0 atom stereocenters. The van der Waals surface area contributed by atoms with Crippen LogP contribution in [0.4, 0.5) is 0 Å². The fourth-order valence-electron chi connectivity index (χ4n) is 3.41. The normalized spacial score (nSPS) is 11.1. The molecule has 0 saturated heterocycles. The van der Waals surface area contributed by atoms with Gasteiger partial charge in [0, 0.05) is 12.6 Å². The number of nitrogens with zero attached hydrogens (tertiary/aromatic N) is 2. The Hall–Kier alpha value is -0.990. The monoisotopic (exact) mass is 350 g/mol. The fourth-order valence-corrected chi connectivity index (χ4v) is 3.41. The smallest absolute Gasteiger partial charge is 0.144 e. The van der Waals surface area contributed by atoms with Crippen LogP contribution < -0.4 is 4.84 Å². The van der Waals surface area contributed by atoms with Crippen molar-refractivity contribution in [3.8, 4) is 0 Å². The van der Waals surface area contributed by atoms with Crippen LogP contribution in [-0.2, 0) is 6.42 Å². The van der Waals surface area contributed by atoms with E-state index in [1.807, 2.05) is 24.0 Å². The third kappa shape index (κ3) is 12.1. The molecule has 0 amide bonds. The molecule has 0 radical (unpaired) electrons. The lowest BCUT2D eigenvalue weighted by Crippen LogP contribution is -2.13. The van der Waals surface area contributed by atoms with E-state index in [2.05, 4.69) is 11.9 Å². The average Bonchev–Trinajstić information content (AvgIpc) is 3.06. The van der Waals surface area contributed by atoms with Gasteiger partial charge in [-0.3, -0.25) is 0 Å². The van der Waals surface area contributed by atoms with Crippen LogP contribution in [0.1, 0.15) is 116 Å². The van der Waals surface area contributed by atoms with Crippen LogP contribution in [0.5, 0.6) is 0 Å². The first-order chi connectivity index (χ1) is 12.4. The van der Waals surface area contributed by atoms with E-state index in [1.165, 1.54) is 96.3 Å². The van der Waals surface area contributed by atoms with E-state index in [9.17, 15) is 0 Å². The molecule has 0 saturated carbocycles. The van der Waals surface area contributed by atoms with Gasteiger partial charge in [-0.25, -0.2) is 4.98 Å². The zero-order chi connectivity index (χ0) is 18.0. The highest BCUT2D eigenvalue weighted by atomic mass is 16.7. The fraction of sp³-hybridized carbons (Fsp3) is 0.864. The van der Waals surface area contributed by atoms with Gasteiger partial charge in [-0.15, -0.1) is 0 Å². The molecular weight excluding hydrogens is 308 g/mol. The first-order valence-corrected chi connectivity index (χ1v) is 11.0. The summed E-state index contributed by atoms with van der Waals surface area (Å²) in [6, 6.07) is 0. The minimum Gasteiger partial charge on any atom is -0.413 e. The van der Waals surface area contributed by atoms with Gasteiger partial charge in [0.15, 0.2) is 0 Å². The Bertz CT molecular complexity index is 389. The second-order valence-electron chi connectivity index (χ2n) is 7.29. The molecule has 0 aromatic carbocycles. The molecule has 0 aliphatic carbocycles. The molecule has 3 heteroatoms. The molecule has 0 N–H and O–H groups in total. The number of imidazole rings is 1. The standard InChI is InChI=1S/C22H42N2O/c1-3-5-6-7-8-9-10-11-12-13-14-15-16-17-18-19-22-23-20-21-24(22)25-4-2/h20-21H,3-19H2,1-2H3. The summed E-state index contributed by atoms with van der Waals surface area (Å²) in [6.07, 6.45) is 25.9. The Morgan fingerprint density at radius 2 is 1.20 bits per heavy atom. The molecule has 1 rings (SSSR count). The van der Waals surface area contributed by atoms with Crippen molar-refractivity contribution in [3.05, 3.63) is 18.2 Å². The molecule has 0 aliphatic heterocycles. The molecule has 0 aliphatic rings. The maximum absolute atomic E-state index is 5.51. The van der Waals surface area contributed by atoms with E-state index < -0.39 is 0 Å². The summed E-state index contributed by atoms with van der Waals surface area (Å²) in [4.78, 5) is 9.88. The summed E-state index contributed by atoms with van der Waals surface area (Å²) in [5.74, 6) is 1.07. The minimum atomic E-state index is 0.697. The molecule has 25 heavy (non-hydrogen) atoms. The SMILES string of the molecule is CCCCCCCCCCCCCCCCCc1nccn1OCC. The maximum Gasteiger partial charge on any atom is 0.144 e. The lowest BCUT2D eigenvalue weighted by atomic mass is 10.0. The number of hydrogen-bond donors (Lipinski definition) is 0. The zero-order valence-electron chi connectivity index (χ0n) is 17.0. The van der Waals surface area contributed by atoms with Crippen LogP contribution in [0.2, 0.25) is 0 Å². The van der Waals surface area contributed by atoms with Crippen LogP contribution in [0.3, 0.4) is 0 Å². The molecule has 146 valence electrons. The second kappa shape index (κ2) is 16.5.